The summed E-state index contributed by atoms with van der Waals surface area (Å²) in [6.07, 6.45) is 0. The van der Waals surface area contributed by atoms with Crippen molar-refractivity contribution in [1.82, 2.24) is 14.9 Å². The predicted octanol–water partition coefficient (Wildman–Crippen LogP) is 0.134. The Morgan fingerprint density at radius 2 is 2.00 bits per heavy atom. The van der Waals surface area contributed by atoms with Gasteiger partial charge >= 0.3 is 6.03 Å². The van der Waals surface area contributed by atoms with Crippen LogP contribution in [0, 0.1) is 13.8 Å². The molecule has 1 aliphatic heterocycles. The average Bonchev–Trinajstić information content (AvgIpc) is 2.73. The highest BCUT2D eigenvalue weighted by Crippen LogP contribution is 2.16. The third kappa shape index (κ3) is 3.40. The van der Waals surface area contributed by atoms with Crippen molar-refractivity contribution in [2.24, 2.45) is 0 Å². The maximum atomic E-state index is 12.2. The van der Waals surface area contributed by atoms with Crippen LogP contribution in [-0.2, 0) is 14.8 Å². The second-order valence-electron chi connectivity index (χ2n) is 4.87. The van der Waals surface area contributed by atoms with E-state index in [0.717, 1.165) is 10.5 Å². The zero-order valence-corrected chi connectivity index (χ0v) is 12.7. The summed E-state index contributed by atoms with van der Waals surface area (Å²) >= 11 is 0. The molecule has 0 unspecified atom stereocenters. The number of nitrogens with one attached hydrogen (secondary N) is 2. The zero-order chi connectivity index (χ0) is 15.6. The van der Waals surface area contributed by atoms with E-state index in [9.17, 15) is 18.0 Å². The highest BCUT2D eigenvalue weighted by Gasteiger charge is 2.28. The number of hydrogen-bond donors (Lipinski definition) is 2. The number of sulfonamides is 1. The fourth-order valence-corrected chi connectivity index (χ4v) is 3.40. The van der Waals surface area contributed by atoms with Crippen LogP contribution in [0.2, 0.25) is 0 Å². The molecule has 0 aliphatic carbocycles. The topological polar surface area (TPSA) is 95.6 Å². The number of hydrogen-bond acceptors (Lipinski definition) is 4. The van der Waals surface area contributed by atoms with Gasteiger partial charge < -0.3 is 5.32 Å². The number of imide groups is 1. The van der Waals surface area contributed by atoms with Crippen LogP contribution in [0.4, 0.5) is 4.79 Å². The van der Waals surface area contributed by atoms with Crippen molar-refractivity contribution in [3.05, 3.63) is 29.3 Å². The van der Waals surface area contributed by atoms with Crippen molar-refractivity contribution >= 4 is 22.0 Å². The lowest BCUT2D eigenvalue weighted by Gasteiger charge is -2.14. The minimum absolute atomic E-state index is 0.00869. The highest BCUT2D eigenvalue weighted by atomic mass is 32.2. The van der Waals surface area contributed by atoms with Gasteiger partial charge in [-0.05, 0) is 31.0 Å². The first-order valence-corrected chi connectivity index (χ1v) is 7.95. The molecule has 21 heavy (non-hydrogen) atoms. The van der Waals surface area contributed by atoms with Crippen molar-refractivity contribution in [2.75, 3.05) is 19.6 Å². The summed E-state index contributed by atoms with van der Waals surface area (Å²) in [7, 11) is -3.66. The van der Waals surface area contributed by atoms with E-state index in [-0.39, 0.29) is 30.4 Å². The summed E-state index contributed by atoms with van der Waals surface area (Å²) in [4.78, 5) is 23.9. The van der Waals surface area contributed by atoms with Gasteiger partial charge in [-0.3, -0.25) is 9.69 Å². The second kappa shape index (κ2) is 5.82. The SMILES string of the molecule is Cc1ccc(C)c(S(=O)(=O)NCCN2C(=O)CNC2=O)c1. The fourth-order valence-electron chi connectivity index (χ4n) is 2.05. The first-order chi connectivity index (χ1) is 9.81. The lowest BCUT2D eigenvalue weighted by atomic mass is 10.2. The summed E-state index contributed by atoms with van der Waals surface area (Å²) in [6, 6.07) is 4.67. The molecule has 1 saturated heterocycles. The first kappa shape index (κ1) is 15.5. The average molecular weight is 311 g/mol. The summed E-state index contributed by atoms with van der Waals surface area (Å²) in [5, 5.41) is 2.38. The molecule has 1 heterocycles. The first-order valence-electron chi connectivity index (χ1n) is 6.46. The molecule has 0 spiro atoms. The molecule has 0 aromatic heterocycles. The van der Waals surface area contributed by atoms with Crippen molar-refractivity contribution < 1.29 is 18.0 Å². The summed E-state index contributed by atoms with van der Waals surface area (Å²) < 4.78 is 26.9. The number of benzene rings is 1. The molecule has 0 radical (unpaired) electrons. The van der Waals surface area contributed by atoms with Gasteiger partial charge in [-0.1, -0.05) is 12.1 Å². The number of carbonyl (C=O) groups is 2. The lowest BCUT2D eigenvalue weighted by Crippen LogP contribution is -2.38. The van der Waals surface area contributed by atoms with E-state index in [1.165, 1.54) is 0 Å². The summed E-state index contributed by atoms with van der Waals surface area (Å²) in [5.41, 5.74) is 1.48. The van der Waals surface area contributed by atoms with E-state index in [0.29, 0.717) is 5.56 Å². The Morgan fingerprint density at radius 3 is 2.62 bits per heavy atom. The monoisotopic (exact) mass is 311 g/mol. The Morgan fingerprint density at radius 1 is 1.29 bits per heavy atom. The van der Waals surface area contributed by atoms with Gasteiger partial charge in [0.2, 0.25) is 15.9 Å². The third-order valence-electron chi connectivity index (χ3n) is 3.20. The van der Waals surface area contributed by atoms with E-state index >= 15 is 0 Å². The minimum atomic E-state index is -3.66. The van der Waals surface area contributed by atoms with Gasteiger partial charge in [0.15, 0.2) is 0 Å². The largest absolute Gasteiger partial charge is 0.329 e. The number of amides is 3. The molecule has 1 aromatic rings. The molecule has 114 valence electrons. The molecule has 2 N–H and O–H groups in total. The molecule has 1 aliphatic rings. The molecular formula is C13H17N3O4S. The van der Waals surface area contributed by atoms with Crippen molar-refractivity contribution in [1.29, 1.82) is 0 Å². The summed E-state index contributed by atoms with van der Waals surface area (Å²) in [6.45, 7) is 3.48. The molecule has 1 aromatic carbocycles. The van der Waals surface area contributed by atoms with Gasteiger partial charge in [0.05, 0.1) is 11.4 Å². The van der Waals surface area contributed by atoms with Gasteiger partial charge in [-0.15, -0.1) is 0 Å². The molecule has 0 bridgehead atoms. The van der Waals surface area contributed by atoms with Gasteiger partial charge in [-0.2, -0.15) is 0 Å². The van der Waals surface area contributed by atoms with Crippen LogP contribution in [0.5, 0.6) is 0 Å². The van der Waals surface area contributed by atoms with E-state index in [2.05, 4.69) is 10.0 Å². The number of urea groups is 1. The van der Waals surface area contributed by atoms with Crippen molar-refractivity contribution in [2.45, 2.75) is 18.7 Å². The van der Waals surface area contributed by atoms with Gasteiger partial charge in [0, 0.05) is 13.1 Å². The van der Waals surface area contributed by atoms with Gasteiger partial charge in [0.25, 0.3) is 0 Å². The van der Waals surface area contributed by atoms with Crippen LogP contribution in [0.15, 0.2) is 23.1 Å². The Labute approximate surface area is 123 Å². The maximum absolute atomic E-state index is 12.2. The van der Waals surface area contributed by atoms with E-state index in [4.69, 9.17) is 0 Å². The molecule has 8 heteroatoms. The molecule has 0 atom stereocenters. The highest BCUT2D eigenvalue weighted by molar-refractivity contribution is 7.89. The smallest absolute Gasteiger partial charge is 0.324 e. The van der Waals surface area contributed by atoms with Crippen molar-refractivity contribution in [3.8, 4) is 0 Å². The predicted molar refractivity (Wildman–Crippen MR) is 76.2 cm³/mol. The molecule has 2 rings (SSSR count). The molecule has 7 nitrogen and oxygen atoms in total. The van der Waals surface area contributed by atoms with Crippen LogP contribution < -0.4 is 10.0 Å². The zero-order valence-electron chi connectivity index (χ0n) is 11.8. The Hall–Kier alpha value is -1.93. The van der Waals surface area contributed by atoms with E-state index in [1.807, 2.05) is 13.0 Å². The van der Waals surface area contributed by atoms with Crippen molar-refractivity contribution in [3.63, 3.8) is 0 Å². The maximum Gasteiger partial charge on any atom is 0.324 e. The number of aryl methyl sites for hydroxylation is 2. The normalized spacial score (nSPS) is 15.4. The molecule has 1 fully saturated rings. The molecular weight excluding hydrogens is 294 g/mol. The Bertz CT molecular complexity index is 669. The molecule has 0 saturated carbocycles. The van der Waals surface area contributed by atoms with Gasteiger partial charge in [-0.25, -0.2) is 17.9 Å². The quantitative estimate of drug-likeness (QED) is 0.756. The fraction of sp³-hybridized carbons (Fsp3) is 0.385. The standard InChI is InChI=1S/C13H17N3O4S/c1-9-3-4-10(2)11(7-9)21(19,20)15-5-6-16-12(17)8-14-13(16)18/h3-4,7,15H,5-6,8H2,1-2H3,(H,14,18). The third-order valence-corrected chi connectivity index (χ3v) is 4.80. The van der Waals surface area contributed by atoms with Gasteiger partial charge in [0.1, 0.15) is 0 Å². The Balaban J connectivity index is 2.03. The number of rotatable bonds is 5. The molecule has 3 amide bonds. The lowest BCUT2D eigenvalue weighted by molar-refractivity contribution is -0.124. The summed E-state index contributed by atoms with van der Waals surface area (Å²) in [5.74, 6) is -0.356. The van der Waals surface area contributed by atoms with Crippen LogP contribution >= 0.6 is 0 Å². The van der Waals surface area contributed by atoms with E-state index in [1.54, 1.807) is 19.1 Å². The second-order valence-corrected chi connectivity index (χ2v) is 6.61. The minimum Gasteiger partial charge on any atom is -0.329 e. The van der Waals surface area contributed by atoms with Crippen LogP contribution in [0.25, 0.3) is 0 Å². The van der Waals surface area contributed by atoms with Crippen LogP contribution in [0.3, 0.4) is 0 Å². The number of nitrogens with zero attached hydrogens (tertiary/aromatic N) is 1. The Kier molecular flexibility index (Phi) is 4.29. The number of carbonyl (C=O) groups excluding carboxylic acids is 2. The van der Waals surface area contributed by atoms with Crippen LogP contribution in [0.1, 0.15) is 11.1 Å². The van der Waals surface area contributed by atoms with E-state index < -0.39 is 16.1 Å². The van der Waals surface area contributed by atoms with Crippen LogP contribution in [-0.4, -0.2) is 44.9 Å².